The molecule has 1 aliphatic carbocycles. The largest absolute Gasteiger partial charge is 0.373 e. The molecule has 8 heteroatoms. The molecule has 0 unspecified atom stereocenters. The van der Waals surface area contributed by atoms with E-state index in [0.29, 0.717) is 17.5 Å². The van der Waals surface area contributed by atoms with Gasteiger partial charge in [-0.3, -0.25) is 14.7 Å². The third-order valence-electron chi connectivity index (χ3n) is 6.02. The van der Waals surface area contributed by atoms with Crippen molar-refractivity contribution in [2.24, 2.45) is 17.6 Å². The third-order valence-corrected chi connectivity index (χ3v) is 6.02. The van der Waals surface area contributed by atoms with Gasteiger partial charge in [0.05, 0.1) is 6.33 Å². The summed E-state index contributed by atoms with van der Waals surface area (Å²) in [6.45, 7) is 2.68. The molecular formula is C19H26ClN5O2. The fraction of sp³-hybridized carbons (Fsp3) is 0.526. The first kappa shape index (κ1) is 19.8. The number of H-pyrrole nitrogens is 1. The van der Waals surface area contributed by atoms with Crippen molar-refractivity contribution in [1.29, 1.82) is 0 Å². The maximum absolute atomic E-state index is 12.0. The summed E-state index contributed by atoms with van der Waals surface area (Å²) in [5, 5.41) is 0. The van der Waals surface area contributed by atoms with E-state index in [4.69, 9.17) is 10.5 Å². The van der Waals surface area contributed by atoms with Crippen molar-refractivity contribution in [2.45, 2.75) is 31.4 Å². The number of rotatable bonds is 5. The number of nitrogens with one attached hydrogen (secondary N) is 1. The molecule has 2 fully saturated rings. The topological polar surface area (TPSA) is 97.1 Å². The van der Waals surface area contributed by atoms with E-state index < -0.39 is 11.5 Å². The Morgan fingerprint density at radius 3 is 2.74 bits per heavy atom. The number of carbonyl (C=O) groups excluding carboxylic acids is 1. The van der Waals surface area contributed by atoms with Crippen LogP contribution >= 0.6 is 12.4 Å². The number of likely N-dealkylation sites (tertiary alicyclic amines) is 1. The monoisotopic (exact) mass is 391 g/mol. The maximum Gasteiger partial charge on any atom is 0.267 e. The van der Waals surface area contributed by atoms with Crippen molar-refractivity contribution in [3.8, 4) is 0 Å². The molecule has 2 aromatic rings. The summed E-state index contributed by atoms with van der Waals surface area (Å²) in [5.74, 6) is 0.102. The summed E-state index contributed by atoms with van der Waals surface area (Å²) in [6, 6.07) is 3.84. The molecule has 4 rings (SSSR count). The Kier molecular flexibility index (Phi) is 5.83. The highest BCUT2D eigenvalue weighted by Crippen LogP contribution is 2.52. The second-order valence-corrected chi connectivity index (χ2v) is 7.36. The lowest BCUT2D eigenvalue weighted by Crippen LogP contribution is -2.59. The number of nitrogens with two attached hydrogens (primary N) is 1. The van der Waals surface area contributed by atoms with Crippen LogP contribution in [0.25, 0.3) is 0 Å². The lowest BCUT2D eigenvalue weighted by molar-refractivity contribution is -0.170. The smallest absolute Gasteiger partial charge is 0.267 e. The zero-order valence-electron chi connectivity index (χ0n) is 15.4. The minimum absolute atomic E-state index is 0. The van der Waals surface area contributed by atoms with Crippen LogP contribution in [0, 0.1) is 11.8 Å². The van der Waals surface area contributed by atoms with E-state index in [1.807, 2.05) is 18.3 Å². The SMILES string of the molecule is CO[C@]1(c2cccnc2C(N)=O)[C@@H]2CCC[C@H]1CN(Cc1cnc[nH]1)C2.Cl. The van der Waals surface area contributed by atoms with Crippen LogP contribution in [0.3, 0.4) is 0 Å². The lowest BCUT2D eigenvalue weighted by atomic mass is 9.62. The number of fused-ring (bicyclic) bond motifs is 2. The van der Waals surface area contributed by atoms with E-state index in [9.17, 15) is 4.79 Å². The summed E-state index contributed by atoms with van der Waals surface area (Å²) in [4.78, 5) is 26.0. The minimum atomic E-state index is -0.499. The Labute approximate surface area is 165 Å². The van der Waals surface area contributed by atoms with E-state index in [-0.39, 0.29) is 12.4 Å². The number of amides is 1. The summed E-state index contributed by atoms with van der Waals surface area (Å²) in [7, 11) is 1.76. The Morgan fingerprint density at radius 1 is 1.41 bits per heavy atom. The number of hydrogen-bond donors (Lipinski definition) is 2. The average Bonchev–Trinajstić information content (AvgIpc) is 3.14. The molecule has 3 heterocycles. The van der Waals surface area contributed by atoms with Gasteiger partial charge in [0.25, 0.3) is 5.91 Å². The van der Waals surface area contributed by atoms with E-state index in [1.54, 1.807) is 19.6 Å². The van der Waals surface area contributed by atoms with E-state index in [0.717, 1.165) is 43.7 Å². The number of aromatic amines is 1. The molecule has 1 aliphatic heterocycles. The van der Waals surface area contributed by atoms with Crippen molar-refractivity contribution in [1.82, 2.24) is 19.9 Å². The minimum Gasteiger partial charge on any atom is -0.373 e. The Hall–Kier alpha value is -1.96. The van der Waals surface area contributed by atoms with Crippen LogP contribution in [0.2, 0.25) is 0 Å². The first-order valence-corrected chi connectivity index (χ1v) is 9.15. The molecule has 2 bridgehead atoms. The second kappa shape index (κ2) is 7.96. The molecule has 27 heavy (non-hydrogen) atoms. The number of imidazole rings is 1. The van der Waals surface area contributed by atoms with Crippen LogP contribution in [0.1, 0.15) is 41.0 Å². The molecule has 3 N–H and O–H groups in total. The molecule has 1 amide bonds. The first-order chi connectivity index (χ1) is 12.6. The van der Waals surface area contributed by atoms with Crippen LogP contribution in [0.5, 0.6) is 0 Å². The number of carbonyl (C=O) groups is 1. The van der Waals surface area contributed by atoms with E-state index in [2.05, 4.69) is 19.9 Å². The van der Waals surface area contributed by atoms with Gasteiger partial charge < -0.3 is 15.5 Å². The number of hydrogen-bond acceptors (Lipinski definition) is 5. The quantitative estimate of drug-likeness (QED) is 0.813. The molecule has 0 spiro atoms. The summed E-state index contributed by atoms with van der Waals surface area (Å²) < 4.78 is 6.21. The molecule has 1 saturated heterocycles. The van der Waals surface area contributed by atoms with Crippen molar-refractivity contribution in [2.75, 3.05) is 20.2 Å². The van der Waals surface area contributed by atoms with Gasteiger partial charge >= 0.3 is 0 Å². The Morgan fingerprint density at radius 2 is 2.15 bits per heavy atom. The Balaban J connectivity index is 0.00000210. The van der Waals surface area contributed by atoms with Gasteiger partial charge in [-0.25, -0.2) is 4.98 Å². The molecule has 2 aliphatic rings. The van der Waals surface area contributed by atoms with Crippen LogP contribution in [-0.4, -0.2) is 46.0 Å². The summed E-state index contributed by atoms with van der Waals surface area (Å²) in [6.07, 6.45) is 8.53. The number of pyridine rings is 1. The molecular weight excluding hydrogens is 366 g/mol. The first-order valence-electron chi connectivity index (χ1n) is 9.15. The number of piperidine rings is 1. The van der Waals surface area contributed by atoms with Crippen molar-refractivity contribution >= 4 is 18.3 Å². The highest BCUT2D eigenvalue weighted by Gasteiger charge is 2.54. The van der Waals surface area contributed by atoms with Crippen LogP contribution in [0.4, 0.5) is 0 Å². The van der Waals surface area contributed by atoms with Gasteiger partial charge in [0, 0.05) is 62.2 Å². The fourth-order valence-corrected chi connectivity index (χ4v) is 5.07. The van der Waals surface area contributed by atoms with Gasteiger partial charge in [-0.05, 0) is 18.9 Å². The molecule has 0 radical (unpaired) electrons. The number of aromatic nitrogens is 3. The van der Waals surface area contributed by atoms with Gasteiger partial charge in [-0.1, -0.05) is 12.5 Å². The molecule has 1 saturated carbocycles. The van der Waals surface area contributed by atoms with E-state index in [1.165, 1.54) is 6.42 Å². The van der Waals surface area contributed by atoms with Crippen molar-refractivity contribution < 1.29 is 9.53 Å². The van der Waals surface area contributed by atoms with Gasteiger partial charge in [0.15, 0.2) is 0 Å². The van der Waals surface area contributed by atoms with Gasteiger partial charge in [0.1, 0.15) is 11.3 Å². The fourth-order valence-electron chi connectivity index (χ4n) is 5.07. The predicted octanol–water partition coefficient (Wildman–Crippen LogP) is 2.10. The highest BCUT2D eigenvalue weighted by atomic mass is 35.5. The zero-order valence-corrected chi connectivity index (χ0v) is 16.2. The lowest BCUT2D eigenvalue weighted by Gasteiger charge is -2.55. The van der Waals surface area contributed by atoms with Crippen LogP contribution in [0.15, 0.2) is 30.9 Å². The van der Waals surface area contributed by atoms with Gasteiger partial charge in [0.2, 0.25) is 0 Å². The average molecular weight is 392 g/mol. The normalized spacial score (nSPS) is 27.7. The Bertz CT molecular complexity index is 768. The summed E-state index contributed by atoms with van der Waals surface area (Å²) in [5.41, 5.74) is 7.44. The number of halogens is 1. The predicted molar refractivity (Wildman–Crippen MR) is 103 cm³/mol. The van der Waals surface area contributed by atoms with Gasteiger partial charge in [-0.2, -0.15) is 0 Å². The molecule has 7 nitrogen and oxygen atoms in total. The third kappa shape index (κ3) is 3.35. The van der Waals surface area contributed by atoms with E-state index >= 15 is 0 Å². The number of ether oxygens (including phenoxy) is 1. The highest BCUT2D eigenvalue weighted by molar-refractivity contribution is 5.92. The number of nitrogens with zero attached hydrogens (tertiary/aromatic N) is 3. The molecule has 3 atom stereocenters. The standard InChI is InChI=1S/C19H25N5O2.ClH/c1-26-19(16-6-3-7-22-17(16)18(20)25)13-4-2-5-14(19)10-24(9-13)11-15-8-21-12-23-15;/h3,6-8,12-14H,2,4-5,9-11H2,1H3,(H2,20,25)(H,21,23);1H/t13-,14+,19-;. The van der Waals surface area contributed by atoms with Crippen molar-refractivity contribution in [3.63, 3.8) is 0 Å². The summed E-state index contributed by atoms with van der Waals surface area (Å²) >= 11 is 0. The molecule has 2 aromatic heterocycles. The maximum atomic E-state index is 12.0. The van der Waals surface area contributed by atoms with Gasteiger partial charge in [-0.15, -0.1) is 12.4 Å². The van der Waals surface area contributed by atoms with Crippen molar-refractivity contribution in [3.05, 3.63) is 47.8 Å². The number of primary amides is 1. The molecule has 0 aromatic carbocycles. The second-order valence-electron chi connectivity index (χ2n) is 7.36. The number of methoxy groups -OCH3 is 1. The zero-order chi connectivity index (χ0) is 18.1. The molecule has 146 valence electrons. The van der Waals surface area contributed by atoms with Crippen LogP contribution in [-0.2, 0) is 16.9 Å². The van der Waals surface area contributed by atoms with Crippen LogP contribution < -0.4 is 5.73 Å².